The molecule has 1 saturated heterocycles. The van der Waals surface area contributed by atoms with Crippen molar-refractivity contribution in [3.05, 3.63) is 59.4 Å². The van der Waals surface area contributed by atoms with Crippen LogP contribution in [-0.4, -0.2) is 42.1 Å². The van der Waals surface area contributed by atoms with Crippen LogP contribution in [0.15, 0.2) is 53.7 Å². The zero-order chi connectivity index (χ0) is 18.6. The van der Waals surface area contributed by atoms with Crippen LogP contribution in [0.5, 0.6) is 0 Å². The Labute approximate surface area is 163 Å². The van der Waals surface area contributed by atoms with Crippen LogP contribution in [0.1, 0.15) is 12.1 Å². The molecular formula is C20H23ClN6. The van der Waals surface area contributed by atoms with Crippen LogP contribution in [0.25, 0.3) is 10.9 Å². The number of halogens is 1. The van der Waals surface area contributed by atoms with Gasteiger partial charge in [-0.3, -0.25) is 4.99 Å². The standard InChI is InChI=1S/C20H23ClN6/c1-22-20(24-12-16-11-14-5-2-3-7-18(14)25-16)26-15-8-10-27(13-15)19-17(21)6-4-9-23-19/h2-7,9,11,15,25H,8,10,12-13H2,1H3,(H2,22,24,26). The molecule has 3 N–H and O–H groups in total. The minimum Gasteiger partial charge on any atom is -0.357 e. The molecule has 1 unspecified atom stereocenters. The van der Waals surface area contributed by atoms with Gasteiger partial charge >= 0.3 is 0 Å². The molecular weight excluding hydrogens is 360 g/mol. The average Bonchev–Trinajstić information content (AvgIpc) is 3.32. The first-order valence-corrected chi connectivity index (χ1v) is 9.50. The molecule has 0 radical (unpaired) electrons. The highest BCUT2D eigenvalue weighted by Gasteiger charge is 2.25. The molecule has 27 heavy (non-hydrogen) atoms. The van der Waals surface area contributed by atoms with Crippen molar-refractivity contribution in [2.24, 2.45) is 4.99 Å². The fraction of sp³-hybridized carbons (Fsp3) is 0.300. The summed E-state index contributed by atoms with van der Waals surface area (Å²) in [5.74, 6) is 1.65. The Balaban J connectivity index is 1.33. The lowest BCUT2D eigenvalue weighted by atomic mass is 10.2. The van der Waals surface area contributed by atoms with Gasteiger partial charge in [0.25, 0.3) is 0 Å². The lowest BCUT2D eigenvalue weighted by Gasteiger charge is -2.20. The van der Waals surface area contributed by atoms with Crippen molar-refractivity contribution < 1.29 is 0 Å². The zero-order valence-electron chi connectivity index (χ0n) is 15.2. The maximum Gasteiger partial charge on any atom is 0.191 e. The molecule has 6 nitrogen and oxygen atoms in total. The molecule has 0 amide bonds. The predicted octanol–water partition coefficient (Wildman–Crippen LogP) is 3.16. The number of para-hydroxylation sites is 1. The fourth-order valence-corrected chi connectivity index (χ4v) is 3.72. The molecule has 1 aliphatic rings. The smallest absolute Gasteiger partial charge is 0.191 e. The Morgan fingerprint density at radius 3 is 3.04 bits per heavy atom. The molecule has 1 aromatic carbocycles. The lowest BCUT2D eigenvalue weighted by molar-refractivity contribution is 0.647. The number of aliphatic imine (C=N–C) groups is 1. The second-order valence-electron chi connectivity index (χ2n) is 6.69. The molecule has 2 aromatic heterocycles. The van der Waals surface area contributed by atoms with Gasteiger partial charge in [0.15, 0.2) is 5.96 Å². The van der Waals surface area contributed by atoms with Crippen molar-refractivity contribution in [3.63, 3.8) is 0 Å². The summed E-state index contributed by atoms with van der Waals surface area (Å²) in [6.07, 6.45) is 2.79. The highest BCUT2D eigenvalue weighted by atomic mass is 35.5. The van der Waals surface area contributed by atoms with Gasteiger partial charge in [0.2, 0.25) is 0 Å². The third-order valence-electron chi connectivity index (χ3n) is 4.82. The van der Waals surface area contributed by atoms with E-state index in [1.807, 2.05) is 24.3 Å². The maximum atomic E-state index is 6.27. The van der Waals surface area contributed by atoms with Crippen molar-refractivity contribution in [2.45, 2.75) is 19.0 Å². The molecule has 0 spiro atoms. The number of fused-ring (bicyclic) bond motifs is 1. The molecule has 7 heteroatoms. The minimum atomic E-state index is 0.303. The Morgan fingerprint density at radius 2 is 2.22 bits per heavy atom. The van der Waals surface area contributed by atoms with Gasteiger partial charge in [0, 0.05) is 43.6 Å². The highest BCUT2D eigenvalue weighted by molar-refractivity contribution is 6.32. The second-order valence-corrected chi connectivity index (χ2v) is 7.10. The zero-order valence-corrected chi connectivity index (χ0v) is 16.0. The van der Waals surface area contributed by atoms with Crippen LogP contribution in [0.4, 0.5) is 5.82 Å². The topological polar surface area (TPSA) is 68.3 Å². The normalized spacial score (nSPS) is 17.5. The minimum absolute atomic E-state index is 0.303. The van der Waals surface area contributed by atoms with Gasteiger partial charge in [0.1, 0.15) is 5.82 Å². The molecule has 140 valence electrons. The summed E-state index contributed by atoms with van der Waals surface area (Å²) in [6.45, 7) is 2.47. The summed E-state index contributed by atoms with van der Waals surface area (Å²) in [4.78, 5) is 14.4. The van der Waals surface area contributed by atoms with Crippen LogP contribution in [0.2, 0.25) is 5.02 Å². The summed E-state index contributed by atoms with van der Waals surface area (Å²) in [5, 5.41) is 8.80. The van der Waals surface area contributed by atoms with E-state index in [1.165, 1.54) is 5.39 Å². The molecule has 0 bridgehead atoms. The largest absolute Gasteiger partial charge is 0.357 e. The van der Waals surface area contributed by atoms with Crippen molar-refractivity contribution in [3.8, 4) is 0 Å². The number of pyridine rings is 1. The molecule has 0 aliphatic carbocycles. The maximum absolute atomic E-state index is 6.27. The van der Waals surface area contributed by atoms with Crippen molar-refractivity contribution in [1.29, 1.82) is 0 Å². The van der Waals surface area contributed by atoms with E-state index < -0.39 is 0 Å². The van der Waals surface area contributed by atoms with E-state index in [2.05, 4.69) is 48.7 Å². The van der Waals surface area contributed by atoms with Crippen LogP contribution in [0.3, 0.4) is 0 Å². The van der Waals surface area contributed by atoms with Crippen LogP contribution in [-0.2, 0) is 6.54 Å². The van der Waals surface area contributed by atoms with Crippen LogP contribution < -0.4 is 15.5 Å². The van der Waals surface area contributed by atoms with Crippen LogP contribution in [0, 0.1) is 0 Å². The van der Waals surface area contributed by atoms with E-state index in [0.29, 0.717) is 17.6 Å². The molecule has 4 rings (SSSR count). The van der Waals surface area contributed by atoms with Gasteiger partial charge < -0.3 is 20.5 Å². The molecule has 1 fully saturated rings. The lowest BCUT2D eigenvalue weighted by Crippen LogP contribution is -2.44. The number of hydrogen-bond acceptors (Lipinski definition) is 3. The number of rotatable bonds is 4. The summed E-state index contributed by atoms with van der Waals surface area (Å²) >= 11 is 6.27. The first-order chi connectivity index (χ1) is 13.2. The van der Waals surface area contributed by atoms with Gasteiger partial charge in [-0.1, -0.05) is 29.8 Å². The molecule has 0 saturated carbocycles. The average molecular weight is 383 g/mol. The predicted molar refractivity (Wildman–Crippen MR) is 111 cm³/mol. The third kappa shape index (κ3) is 4.01. The van der Waals surface area contributed by atoms with Crippen molar-refractivity contribution in [1.82, 2.24) is 20.6 Å². The molecule has 1 atom stereocenters. The van der Waals surface area contributed by atoms with E-state index >= 15 is 0 Å². The van der Waals surface area contributed by atoms with E-state index in [9.17, 15) is 0 Å². The number of nitrogens with zero attached hydrogens (tertiary/aromatic N) is 3. The van der Waals surface area contributed by atoms with E-state index in [1.54, 1.807) is 13.2 Å². The summed E-state index contributed by atoms with van der Waals surface area (Å²) < 4.78 is 0. The van der Waals surface area contributed by atoms with E-state index in [4.69, 9.17) is 11.6 Å². The quantitative estimate of drug-likeness (QED) is 0.479. The Kier molecular flexibility index (Phi) is 5.16. The Bertz CT molecular complexity index is 917. The van der Waals surface area contributed by atoms with E-state index in [-0.39, 0.29) is 0 Å². The molecule has 1 aliphatic heterocycles. The van der Waals surface area contributed by atoms with Gasteiger partial charge in [-0.2, -0.15) is 0 Å². The Morgan fingerprint density at radius 1 is 1.33 bits per heavy atom. The number of guanidine groups is 1. The number of nitrogens with one attached hydrogen (secondary N) is 3. The van der Waals surface area contributed by atoms with Crippen molar-refractivity contribution >= 4 is 34.3 Å². The summed E-state index contributed by atoms with van der Waals surface area (Å²) in [7, 11) is 1.79. The van der Waals surface area contributed by atoms with E-state index in [0.717, 1.165) is 42.5 Å². The van der Waals surface area contributed by atoms with Crippen molar-refractivity contribution in [2.75, 3.05) is 25.0 Å². The van der Waals surface area contributed by atoms with Gasteiger partial charge in [-0.15, -0.1) is 0 Å². The molecule has 3 aromatic rings. The second kappa shape index (κ2) is 7.88. The molecule has 3 heterocycles. The van der Waals surface area contributed by atoms with Gasteiger partial charge in [-0.25, -0.2) is 4.98 Å². The summed E-state index contributed by atoms with van der Waals surface area (Å²) in [5.41, 5.74) is 2.28. The van der Waals surface area contributed by atoms with Gasteiger partial charge in [0.05, 0.1) is 11.6 Å². The number of anilines is 1. The number of aromatic amines is 1. The monoisotopic (exact) mass is 382 g/mol. The Hall–Kier alpha value is -2.73. The number of benzene rings is 1. The van der Waals surface area contributed by atoms with Gasteiger partial charge in [-0.05, 0) is 36.1 Å². The highest BCUT2D eigenvalue weighted by Crippen LogP contribution is 2.25. The van der Waals surface area contributed by atoms with Crippen LogP contribution >= 0.6 is 11.6 Å². The summed E-state index contributed by atoms with van der Waals surface area (Å²) in [6, 6.07) is 14.5. The first kappa shape index (κ1) is 17.7. The number of H-pyrrole nitrogens is 1. The SMILES string of the molecule is CN=C(NCc1cc2ccccc2[nH]1)NC1CCN(c2ncccc2Cl)C1. The third-order valence-corrected chi connectivity index (χ3v) is 5.12. The fourth-order valence-electron chi connectivity index (χ4n) is 3.48. The first-order valence-electron chi connectivity index (χ1n) is 9.12. The number of aromatic nitrogens is 2. The number of hydrogen-bond donors (Lipinski definition) is 3.